The summed E-state index contributed by atoms with van der Waals surface area (Å²) < 4.78 is 5.12. The fourth-order valence-corrected chi connectivity index (χ4v) is 2.93. The van der Waals surface area contributed by atoms with Crippen molar-refractivity contribution in [2.45, 2.75) is 12.7 Å². The van der Waals surface area contributed by atoms with Crippen LogP contribution in [0.3, 0.4) is 0 Å². The van der Waals surface area contributed by atoms with E-state index in [2.05, 4.69) is 11.4 Å². The largest absolute Gasteiger partial charge is 0.495 e. The number of methoxy groups -OCH3 is 1. The molecule has 0 spiro atoms. The second-order valence-electron chi connectivity index (χ2n) is 5.17. The number of nitrogens with zero attached hydrogens (tertiary/aromatic N) is 1. The summed E-state index contributed by atoms with van der Waals surface area (Å²) in [5.41, 5.74) is 2.53. The molecule has 0 atom stereocenters. The van der Waals surface area contributed by atoms with Crippen molar-refractivity contribution < 1.29 is 14.5 Å². The van der Waals surface area contributed by atoms with Crippen LogP contribution in [0.1, 0.15) is 11.1 Å². The Morgan fingerprint density at radius 3 is 2.75 bits per heavy atom. The number of non-ortho nitro benzene ring substituents is 1. The van der Waals surface area contributed by atoms with Crippen LogP contribution in [0.4, 0.5) is 11.4 Å². The van der Waals surface area contributed by atoms with Crippen molar-refractivity contribution in [1.82, 2.24) is 0 Å². The second-order valence-corrected chi connectivity index (χ2v) is 6.16. The van der Waals surface area contributed by atoms with Crippen molar-refractivity contribution in [3.63, 3.8) is 0 Å². The standard InChI is InChI=1S/C17H18N2O4S/c1-12-4-3-5-13(8-12)10-24-11-17(20)18-15-9-14(19(21)22)6-7-16(15)23-2/h3-9H,10-11H2,1-2H3,(H,18,20). The summed E-state index contributed by atoms with van der Waals surface area (Å²) in [6.45, 7) is 2.02. The molecule has 1 N–H and O–H groups in total. The Balaban J connectivity index is 1.94. The van der Waals surface area contributed by atoms with E-state index in [1.807, 2.05) is 25.1 Å². The number of ether oxygens (including phenoxy) is 1. The molecule has 6 nitrogen and oxygen atoms in total. The van der Waals surface area contributed by atoms with E-state index in [-0.39, 0.29) is 17.3 Å². The molecule has 2 aromatic rings. The minimum atomic E-state index is -0.512. The molecule has 0 fully saturated rings. The van der Waals surface area contributed by atoms with Crippen LogP contribution in [-0.4, -0.2) is 23.7 Å². The average Bonchev–Trinajstić information content (AvgIpc) is 2.54. The number of nitro benzene ring substituents is 1. The van der Waals surface area contributed by atoms with Gasteiger partial charge in [-0.05, 0) is 18.6 Å². The monoisotopic (exact) mass is 346 g/mol. The van der Waals surface area contributed by atoms with Gasteiger partial charge < -0.3 is 10.1 Å². The molecule has 7 heteroatoms. The first-order valence-corrected chi connectivity index (χ1v) is 8.40. The van der Waals surface area contributed by atoms with Crippen LogP contribution >= 0.6 is 11.8 Å². The molecular formula is C17H18N2O4S. The summed E-state index contributed by atoms with van der Waals surface area (Å²) in [6.07, 6.45) is 0. The van der Waals surface area contributed by atoms with E-state index in [9.17, 15) is 14.9 Å². The Morgan fingerprint density at radius 2 is 2.08 bits per heavy atom. The van der Waals surface area contributed by atoms with Crippen LogP contribution in [0.5, 0.6) is 5.75 Å². The molecule has 0 unspecified atom stereocenters. The molecule has 0 radical (unpaired) electrons. The Morgan fingerprint density at radius 1 is 1.29 bits per heavy atom. The Bertz CT molecular complexity index is 749. The van der Waals surface area contributed by atoms with E-state index in [0.717, 1.165) is 11.3 Å². The van der Waals surface area contributed by atoms with E-state index in [1.165, 1.54) is 42.6 Å². The van der Waals surface area contributed by atoms with E-state index < -0.39 is 4.92 Å². The molecule has 2 aromatic carbocycles. The van der Waals surface area contributed by atoms with E-state index in [4.69, 9.17) is 4.74 Å². The lowest BCUT2D eigenvalue weighted by atomic mass is 10.2. The van der Waals surface area contributed by atoms with Crippen molar-refractivity contribution in [2.75, 3.05) is 18.2 Å². The molecule has 2 rings (SSSR count). The fourth-order valence-electron chi connectivity index (χ4n) is 2.16. The van der Waals surface area contributed by atoms with Crippen LogP contribution in [0, 0.1) is 17.0 Å². The number of hydrogen-bond donors (Lipinski definition) is 1. The smallest absolute Gasteiger partial charge is 0.271 e. The highest BCUT2D eigenvalue weighted by atomic mass is 32.2. The van der Waals surface area contributed by atoms with Gasteiger partial charge in [0.25, 0.3) is 5.69 Å². The molecule has 0 heterocycles. The van der Waals surface area contributed by atoms with Crippen LogP contribution in [-0.2, 0) is 10.5 Å². The lowest BCUT2D eigenvalue weighted by Gasteiger charge is -2.10. The zero-order valence-electron chi connectivity index (χ0n) is 13.4. The minimum Gasteiger partial charge on any atom is -0.495 e. The zero-order valence-corrected chi connectivity index (χ0v) is 14.3. The molecule has 0 aliphatic rings. The van der Waals surface area contributed by atoms with Gasteiger partial charge in [-0.15, -0.1) is 11.8 Å². The maximum absolute atomic E-state index is 12.1. The molecule has 24 heavy (non-hydrogen) atoms. The van der Waals surface area contributed by atoms with E-state index in [1.54, 1.807) is 0 Å². The van der Waals surface area contributed by atoms with Crippen molar-refractivity contribution >= 4 is 29.0 Å². The predicted molar refractivity (Wildman–Crippen MR) is 95.6 cm³/mol. The molecule has 0 aliphatic carbocycles. The number of nitro groups is 1. The summed E-state index contributed by atoms with van der Waals surface area (Å²) in [5, 5.41) is 13.5. The van der Waals surface area contributed by atoms with Gasteiger partial charge in [0.05, 0.1) is 23.5 Å². The highest BCUT2D eigenvalue weighted by molar-refractivity contribution is 7.99. The second kappa shape index (κ2) is 8.35. The van der Waals surface area contributed by atoms with Gasteiger partial charge in [0.15, 0.2) is 0 Å². The molecule has 0 aromatic heterocycles. The molecule has 0 saturated carbocycles. The Hall–Kier alpha value is -2.54. The first-order chi connectivity index (χ1) is 11.5. The highest BCUT2D eigenvalue weighted by Crippen LogP contribution is 2.29. The highest BCUT2D eigenvalue weighted by Gasteiger charge is 2.13. The number of hydrogen-bond acceptors (Lipinski definition) is 5. The Kier molecular flexibility index (Phi) is 6.20. The van der Waals surface area contributed by atoms with Crippen LogP contribution < -0.4 is 10.1 Å². The van der Waals surface area contributed by atoms with Gasteiger partial charge in [0.1, 0.15) is 5.75 Å². The lowest BCUT2D eigenvalue weighted by molar-refractivity contribution is -0.384. The Labute approximate surface area is 144 Å². The number of rotatable bonds is 7. The van der Waals surface area contributed by atoms with Gasteiger partial charge in [-0.3, -0.25) is 14.9 Å². The third kappa shape index (κ3) is 4.99. The van der Waals surface area contributed by atoms with Gasteiger partial charge >= 0.3 is 0 Å². The third-order valence-electron chi connectivity index (χ3n) is 3.25. The minimum absolute atomic E-state index is 0.0986. The third-order valence-corrected chi connectivity index (χ3v) is 4.26. The maximum atomic E-state index is 12.1. The van der Waals surface area contributed by atoms with Gasteiger partial charge in [0, 0.05) is 17.9 Å². The fraction of sp³-hybridized carbons (Fsp3) is 0.235. The number of aryl methyl sites for hydroxylation is 1. The van der Waals surface area contributed by atoms with Crippen LogP contribution in [0.15, 0.2) is 42.5 Å². The number of carbonyl (C=O) groups excluding carboxylic acids is 1. The number of benzene rings is 2. The van der Waals surface area contributed by atoms with Crippen molar-refractivity contribution in [2.24, 2.45) is 0 Å². The summed E-state index contributed by atoms with van der Waals surface area (Å²) in [7, 11) is 1.45. The van der Waals surface area contributed by atoms with E-state index >= 15 is 0 Å². The normalized spacial score (nSPS) is 10.2. The molecule has 0 bridgehead atoms. The van der Waals surface area contributed by atoms with Crippen molar-refractivity contribution in [1.29, 1.82) is 0 Å². The first-order valence-electron chi connectivity index (χ1n) is 7.25. The van der Waals surface area contributed by atoms with Crippen LogP contribution in [0.25, 0.3) is 0 Å². The van der Waals surface area contributed by atoms with Crippen LogP contribution in [0.2, 0.25) is 0 Å². The molecular weight excluding hydrogens is 328 g/mol. The number of nitrogens with one attached hydrogen (secondary N) is 1. The summed E-state index contributed by atoms with van der Waals surface area (Å²) >= 11 is 1.48. The van der Waals surface area contributed by atoms with Crippen molar-refractivity contribution in [3.8, 4) is 5.75 Å². The summed E-state index contributed by atoms with van der Waals surface area (Å²) in [6, 6.07) is 12.2. The molecule has 1 amide bonds. The summed E-state index contributed by atoms with van der Waals surface area (Å²) in [5.74, 6) is 1.13. The first kappa shape index (κ1) is 17.8. The summed E-state index contributed by atoms with van der Waals surface area (Å²) in [4.78, 5) is 22.4. The van der Waals surface area contributed by atoms with Gasteiger partial charge in [-0.1, -0.05) is 29.8 Å². The quantitative estimate of drug-likeness (QED) is 0.609. The maximum Gasteiger partial charge on any atom is 0.271 e. The van der Waals surface area contributed by atoms with E-state index in [0.29, 0.717) is 11.4 Å². The zero-order chi connectivity index (χ0) is 17.5. The number of carbonyl (C=O) groups is 1. The lowest BCUT2D eigenvalue weighted by Crippen LogP contribution is -2.15. The SMILES string of the molecule is COc1ccc([N+](=O)[O-])cc1NC(=O)CSCc1cccc(C)c1. The predicted octanol–water partition coefficient (Wildman–Crippen LogP) is 3.78. The topological polar surface area (TPSA) is 81.5 Å². The van der Waals surface area contributed by atoms with Gasteiger partial charge in [-0.25, -0.2) is 0 Å². The average molecular weight is 346 g/mol. The van der Waals surface area contributed by atoms with Gasteiger partial charge in [-0.2, -0.15) is 0 Å². The molecule has 0 aliphatic heterocycles. The number of thioether (sulfide) groups is 1. The molecule has 0 saturated heterocycles. The number of anilines is 1. The van der Waals surface area contributed by atoms with Crippen molar-refractivity contribution in [3.05, 3.63) is 63.7 Å². The van der Waals surface area contributed by atoms with Gasteiger partial charge in [0.2, 0.25) is 5.91 Å². The number of amides is 1. The molecule has 126 valence electrons.